The maximum Gasteiger partial charge on any atom is 0.206 e. The standard InChI is InChI=1S/C26H32N8/c1-18(33-11-9-27-10-12-33)19-5-8-28-24(14-19)32-25-30-22-4-3-20(13-23(22)31-25)21-15-29-34(16-21)17-26(2)6-7-26/h3-5,8,13-16,18,27H,6-7,9-12,17H2,1-2H3,(H2,28,30,31,32). The summed E-state index contributed by atoms with van der Waals surface area (Å²) in [5.41, 5.74) is 5.88. The van der Waals surface area contributed by atoms with Crippen molar-refractivity contribution in [3.8, 4) is 11.1 Å². The van der Waals surface area contributed by atoms with Gasteiger partial charge in [0.05, 0.1) is 17.2 Å². The van der Waals surface area contributed by atoms with E-state index in [0.29, 0.717) is 17.4 Å². The van der Waals surface area contributed by atoms with E-state index in [1.807, 2.05) is 12.4 Å². The van der Waals surface area contributed by atoms with Crippen LogP contribution in [0.5, 0.6) is 0 Å². The summed E-state index contributed by atoms with van der Waals surface area (Å²) in [5, 5.41) is 11.4. The molecule has 0 bridgehead atoms. The number of piperazine rings is 1. The SMILES string of the molecule is CC(c1ccnc(Nc2nc3ccc(-c4cnn(CC5(C)CC5)c4)cc3[nH]2)c1)N1CCNCC1. The summed E-state index contributed by atoms with van der Waals surface area (Å²) in [6.07, 6.45) is 8.57. The molecule has 1 unspecified atom stereocenters. The first-order chi connectivity index (χ1) is 16.5. The number of rotatable bonds is 7. The molecule has 8 nitrogen and oxygen atoms in total. The average Bonchev–Trinajstić information content (AvgIpc) is 3.22. The van der Waals surface area contributed by atoms with Gasteiger partial charge in [0.1, 0.15) is 5.82 Å². The molecular weight excluding hydrogens is 424 g/mol. The van der Waals surface area contributed by atoms with E-state index in [1.165, 1.54) is 18.4 Å². The molecule has 1 aromatic carbocycles. The van der Waals surface area contributed by atoms with Gasteiger partial charge in [-0.1, -0.05) is 13.0 Å². The molecule has 1 atom stereocenters. The van der Waals surface area contributed by atoms with Gasteiger partial charge in [-0.25, -0.2) is 9.97 Å². The Kier molecular flexibility index (Phi) is 5.34. The molecule has 4 aromatic rings. The number of pyridine rings is 1. The quantitative estimate of drug-likeness (QED) is 0.384. The summed E-state index contributed by atoms with van der Waals surface area (Å²) in [5.74, 6) is 1.50. The highest BCUT2D eigenvalue weighted by Crippen LogP contribution is 2.46. The van der Waals surface area contributed by atoms with Crippen LogP contribution in [0.4, 0.5) is 11.8 Å². The van der Waals surface area contributed by atoms with Gasteiger partial charge in [0.2, 0.25) is 5.95 Å². The van der Waals surface area contributed by atoms with Crippen LogP contribution in [0.3, 0.4) is 0 Å². The molecule has 1 saturated heterocycles. The molecule has 3 N–H and O–H groups in total. The van der Waals surface area contributed by atoms with E-state index in [-0.39, 0.29) is 0 Å². The molecule has 6 rings (SSSR count). The molecule has 2 aliphatic rings. The second-order valence-electron chi connectivity index (χ2n) is 10.1. The first-order valence-corrected chi connectivity index (χ1v) is 12.3. The predicted molar refractivity (Wildman–Crippen MR) is 135 cm³/mol. The molecule has 2 fully saturated rings. The number of aromatic amines is 1. The Bertz CT molecular complexity index is 1300. The molecule has 8 heteroatoms. The van der Waals surface area contributed by atoms with Gasteiger partial charge in [0, 0.05) is 56.7 Å². The largest absolute Gasteiger partial charge is 0.324 e. The smallest absolute Gasteiger partial charge is 0.206 e. The molecule has 0 radical (unpaired) electrons. The predicted octanol–water partition coefficient (Wildman–Crippen LogP) is 4.33. The summed E-state index contributed by atoms with van der Waals surface area (Å²) in [6, 6.07) is 10.9. The first kappa shape index (κ1) is 21.3. The van der Waals surface area contributed by atoms with Crippen molar-refractivity contribution in [1.82, 2.24) is 34.9 Å². The Morgan fingerprint density at radius 1 is 1.12 bits per heavy atom. The van der Waals surface area contributed by atoms with Crippen LogP contribution < -0.4 is 10.6 Å². The Morgan fingerprint density at radius 2 is 1.97 bits per heavy atom. The molecule has 34 heavy (non-hydrogen) atoms. The minimum Gasteiger partial charge on any atom is -0.324 e. The fourth-order valence-electron chi connectivity index (χ4n) is 4.79. The summed E-state index contributed by atoms with van der Waals surface area (Å²) in [4.78, 5) is 15.2. The van der Waals surface area contributed by atoms with E-state index < -0.39 is 0 Å². The third-order valence-electron chi connectivity index (χ3n) is 7.31. The highest BCUT2D eigenvalue weighted by molar-refractivity contribution is 5.83. The zero-order valence-electron chi connectivity index (χ0n) is 19.9. The summed E-state index contributed by atoms with van der Waals surface area (Å²) < 4.78 is 2.08. The average molecular weight is 457 g/mol. The van der Waals surface area contributed by atoms with Crippen LogP contribution in [0, 0.1) is 5.41 Å². The number of benzene rings is 1. The van der Waals surface area contributed by atoms with Crippen LogP contribution in [0.1, 0.15) is 38.3 Å². The van der Waals surface area contributed by atoms with E-state index in [1.54, 1.807) is 0 Å². The van der Waals surface area contributed by atoms with Gasteiger partial charge in [0.15, 0.2) is 0 Å². The lowest BCUT2D eigenvalue weighted by Gasteiger charge is -2.33. The fourth-order valence-corrected chi connectivity index (χ4v) is 4.79. The summed E-state index contributed by atoms with van der Waals surface area (Å²) in [7, 11) is 0. The zero-order valence-corrected chi connectivity index (χ0v) is 19.9. The van der Waals surface area contributed by atoms with Crippen LogP contribution in [-0.4, -0.2) is 55.8 Å². The van der Waals surface area contributed by atoms with Gasteiger partial charge < -0.3 is 15.6 Å². The van der Waals surface area contributed by atoms with Gasteiger partial charge in [0.25, 0.3) is 0 Å². The number of fused-ring (bicyclic) bond motifs is 1. The Hall–Kier alpha value is -3.23. The van der Waals surface area contributed by atoms with Crippen molar-refractivity contribution in [2.75, 3.05) is 31.5 Å². The van der Waals surface area contributed by atoms with Crippen LogP contribution in [-0.2, 0) is 6.54 Å². The summed E-state index contributed by atoms with van der Waals surface area (Å²) in [6.45, 7) is 9.80. The van der Waals surface area contributed by atoms with Crippen LogP contribution in [0.25, 0.3) is 22.2 Å². The minimum absolute atomic E-state index is 0.354. The van der Waals surface area contributed by atoms with E-state index in [9.17, 15) is 0 Å². The number of nitrogens with one attached hydrogen (secondary N) is 3. The Labute approximate surface area is 199 Å². The lowest BCUT2D eigenvalue weighted by atomic mass is 10.1. The summed E-state index contributed by atoms with van der Waals surface area (Å²) >= 11 is 0. The van der Waals surface area contributed by atoms with Crippen LogP contribution in [0.15, 0.2) is 48.9 Å². The number of hydrogen-bond donors (Lipinski definition) is 3. The first-order valence-electron chi connectivity index (χ1n) is 12.3. The van der Waals surface area contributed by atoms with Crippen molar-refractivity contribution in [2.45, 2.75) is 39.3 Å². The van der Waals surface area contributed by atoms with Crippen molar-refractivity contribution in [2.24, 2.45) is 5.41 Å². The van der Waals surface area contributed by atoms with Crippen molar-refractivity contribution < 1.29 is 0 Å². The maximum absolute atomic E-state index is 4.72. The van der Waals surface area contributed by atoms with E-state index in [2.05, 4.69) is 85.7 Å². The lowest BCUT2D eigenvalue weighted by Crippen LogP contribution is -2.44. The van der Waals surface area contributed by atoms with Gasteiger partial charge in [-0.15, -0.1) is 0 Å². The second-order valence-corrected chi connectivity index (χ2v) is 10.1. The van der Waals surface area contributed by atoms with Crippen molar-refractivity contribution in [3.05, 3.63) is 54.5 Å². The highest BCUT2D eigenvalue weighted by atomic mass is 15.3. The van der Waals surface area contributed by atoms with Crippen LogP contribution >= 0.6 is 0 Å². The molecule has 4 heterocycles. The van der Waals surface area contributed by atoms with Gasteiger partial charge in [-0.2, -0.15) is 5.10 Å². The molecule has 1 aliphatic heterocycles. The van der Waals surface area contributed by atoms with Gasteiger partial charge >= 0.3 is 0 Å². The Balaban J connectivity index is 1.19. The fraction of sp³-hybridized carbons (Fsp3) is 0.423. The normalized spacial score (nSPS) is 18.8. The Morgan fingerprint density at radius 3 is 2.79 bits per heavy atom. The number of imidazole rings is 1. The monoisotopic (exact) mass is 456 g/mol. The molecule has 1 aliphatic carbocycles. The molecule has 0 spiro atoms. The molecule has 0 amide bonds. The minimum atomic E-state index is 0.354. The topological polar surface area (TPSA) is 86.7 Å². The van der Waals surface area contributed by atoms with Crippen LogP contribution in [0.2, 0.25) is 0 Å². The van der Waals surface area contributed by atoms with E-state index in [4.69, 9.17) is 4.98 Å². The number of anilines is 2. The molecule has 176 valence electrons. The molecule has 1 saturated carbocycles. The van der Waals surface area contributed by atoms with E-state index >= 15 is 0 Å². The zero-order chi connectivity index (χ0) is 23.1. The van der Waals surface area contributed by atoms with Gasteiger partial charge in [-0.05, 0) is 60.6 Å². The maximum atomic E-state index is 4.72. The van der Waals surface area contributed by atoms with Gasteiger partial charge in [-0.3, -0.25) is 9.58 Å². The number of H-pyrrole nitrogens is 1. The number of nitrogens with zero attached hydrogens (tertiary/aromatic N) is 5. The number of hydrogen-bond acceptors (Lipinski definition) is 6. The lowest BCUT2D eigenvalue weighted by molar-refractivity contribution is 0.185. The second kappa shape index (κ2) is 8.52. The van der Waals surface area contributed by atoms with Crippen molar-refractivity contribution >= 4 is 22.8 Å². The van der Waals surface area contributed by atoms with Crippen molar-refractivity contribution in [1.29, 1.82) is 0 Å². The highest BCUT2D eigenvalue weighted by Gasteiger charge is 2.37. The van der Waals surface area contributed by atoms with E-state index in [0.717, 1.165) is 60.7 Å². The third kappa shape index (κ3) is 4.43. The molecular formula is C26H32N8. The number of aromatic nitrogens is 5. The van der Waals surface area contributed by atoms with Crippen molar-refractivity contribution in [3.63, 3.8) is 0 Å². The molecule has 3 aromatic heterocycles. The third-order valence-corrected chi connectivity index (χ3v) is 7.31.